The van der Waals surface area contributed by atoms with Gasteiger partial charge in [-0.1, -0.05) is 12.2 Å². The number of ether oxygens (including phenoxy) is 1. The summed E-state index contributed by atoms with van der Waals surface area (Å²) in [6.07, 6.45) is 10.2. The highest BCUT2D eigenvalue weighted by Crippen LogP contribution is 2.34. The molecular weight excluding hydrogens is 489 g/mol. The van der Waals surface area contributed by atoms with Crippen LogP contribution in [0.2, 0.25) is 58.9 Å². The molecule has 0 amide bonds. The maximum absolute atomic E-state index is 13.5. The fourth-order valence-corrected chi connectivity index (χ4v) is 7.03. The molecule has 8 heteroatoms. The van der Waals surface area contributed by atoms with Crippen LogP contribution in [0, 0.1) is 0 Å². The third-order valence-corrected chi connectivity index (χ3v) is 8.03. The molecule has 0 bridgehead atoms. The molecule has 0 fully saturated rings. The van der Waals surface area contributed by atoms with Gasteiger partial charge in [0, 0.05) is 12.2 Å². The Morgan fingerprint density at radius 2 is 1.46 bits per heavy atom. The van der Waals surface area contributed by atoms with E-state index in [2.05, 4.69) is 65.0 Å². The lowest BCUT2D eigenvalue weighted by Crippen LogP contribution is -2.32. The van der Waals surface area contributed by atoms with E-state index in [9.17, 15) is 4.79 Å². The number of fused-ring (bicyclic) bond motifs is 1. The first kappa shape index (κ1) is 29.9. The zero-order chi connectivity index (χ0) is 26.4. The molecule has 0 aromatic heterocycles. The first-order valence-electron chi connectivity index (χ1n) is 13.1. The van der Waals surface area contributed by atoms with Gasteiger partial charge in [0.05, 0.1) is 6.10 Å². The third-order valence-electron chi connectivity index (χ3n) is 5.31. The van der Waals surface area contributed by atoms with E-state index in [1.54, 1.807) is 0 Å². The van der Waals surface area contributed by atoms with Crippen LogP contribution in [0.15, 0.2) is 18.2 Å². The van der Waals surface area contributed by atoms with Gasteiger partial charge >= 0.3 is 5.97 Å². The topological polar surface area (TPSA) is 54.0 Å². The Hall–Kier alpha value is -1.36. The zero-order valence-electron chi connectivity index (χ0n) is 23.7. The second-order valence-electron chi connectivity index (χ2n) is 12.6. The molecule has 1 aliphatic rings. The number of hydrogen-bond acceptors (Lipinski definition) is 5. The SMILES string of the molecule is CC1CCCC(O[Si](C)(C)C)CCC/C=C/c2cc(O[Si](C)(C)C)cc(O[Si](C)(C)C)c2C(=O)O1. The molecule has 0 radical (unpaired) electrons. The van der Waals surface area contributed by atoms with Gasteiger partial charge in [-0.3, -0.25) is 0 Å². The van der Waals surface area contributed by atoms with Gasteiger partial charge in [0.15, 0.2) is 8.32 Å². The van der Waals surface area contributed by atoms with E-state index in [0.717, 1.165) is 49.8 Å². The standard InChI is InChI=1S/C27H48O5Si3/c1-21-15-14-18-23(30-33(2,3)4)17-13-11-12-16-22-19-24(31-34(5,6)7)20-25(32-35(8,9)10)26(22)27(28)29-21/h12,16,19-21,23H,11,13-15,17-18H2,1-10H3/b16-12+. The van der Waals surface area contributed by atoms with Crippen LogP contribution in [0.4, 0.5) is 0 Å². The van der Waals surface area contributed by atoms with Crippen LogP contribution in [0.3, 0.4) is 0 Å². The zero-order valence-corrected chi connectivity index (χ0v) is 26.7. The van der Waals surface area contributed by atoms with Crippen molar-refractivity contribution in [2.75, 3.05) is 0 Å². The third kappa shape index (κ3) is 11.5. The van der Waals surface area contributed by atoms with Crippen molar-refractivity contribution in [1.82, 2.24) is 0 Å². The number of allylic oxidation sites excluding steroid dienone is 1. The van der Waals surface area contributed by atoms with Crippen LogP contribution in [-0.2, 0) is 9.16 Å². The average molecular weight is 537 g/mol. The summed E-state index contributed by atoms with van der Waals surface area (Å²) >= 11 is 0. The summed E-state index contributed by atoms with van der Waals surface area (Å²) in [7, 11) is -5.43. The van der Waals surface area contributed by atoms with Crippen molar-refractivity contribution in [3.05, 3.63) is 29.3 Å². The minimum Gasteiger partial charge on any atom is -0.544 e. The largest absolute Gasteiger partial charge is 0.544 e. The van der Waals surface area contributed by atoms with E-state index in [0.29, 0.717) is 11.3 Å². The number of cyclic esters (lactones) is 1. The van der Waals surface area contributed by atoms with Crippen LogP contribution in [0.25, 0.3) is 6.08 Å². The Balaban J connectivity index is 2.46. The maximum atomic E-state index is 13.5. The molecule has 35 heavy (non-hydrogen) atoms. The van der Waals surface area contributed by atoms with Gasteiger partial charge in [-0.15, -0.1) is 0 Å². The summed E-state index contributed by atoms with van der Waals surface area (Å²) < 4.78 is 25.2. The van der Waals surface area contributed by atoms with Crippen molar-refractivity contribution in [3.63, 3.8) is 0 Å². The summed E-state index contributed by atoms with van der Waals surface area (Å²) in [6, 6.07) is 3.85. The van der Waals surface area contributed by atoms with E-state index in [-0.39, 0.29) is 18.2 Å². The normalized spacial score (nSPS) is 21.9. The molecule has 1 aromatic carbocycles. The Morgan fingerprint density at radius 3 is 2.06 bits per heavy atom. The molecule has 1 heterocycles. The smallest absolute Gasteiger partial charge is 0.342 e. The summed E-state index contributed by atoms with van der Waals surface area (Å²) in [5.41, 5.74) is 1.31. The lowest BCUT2D eigenvalue weighted by molar-refractivity contribution is 0.0310. The van der Waals surface area contributed by atoms with E-state index in [1.807, 2.05) is 25.1 Å². The molecule has 5 nitrogen and oxygen atoms in total. The molecule has 2 rings (SSSR count). The molecule has 2 unspecified atom stereocenters. The number of benzene rings is 1. The second kappa shape index (κ2) is 12.3. The van der Waals surface area contributed by atoms with Crippen molar-refractivity contribution in [2.24, 2.45) is 0 Å². The van der Waals surface area contributed by atoms with E-state index < -0.39 is 25.0 Å². The van der Waals surface area contributed by atoms with Crippen molar-refractivity contribution in [1.29, 1.82) is 0 Å². The summed E-state index contributed by atoms with van der Waals surface area (Å²) in [5.74, 6) is 1.01. The minimum atomic E-state index is -1.98. The fraction of sp³-hybridized carbons (Fsp3) is 0.667. The predicted molar refractivity (Wildman–Crippen MR) is 154 cm³/mol. The van der Waals surface area contributed by atoms with Gasteiger partial charge in [0.1, 0.15) is 17.1 Å². The van der Waals surface area contributed by atoms with Crippen LogP contribution in [0.5, 0.6) is 11.5 Å². The van der Waals surface area contributed by atoms with Gasteiger partial charge < -0.3 is 18.0 Å². The quantitative estimate of drug-likeness (QED) is 0.271. The Kier molecular flexibility index (Phi) is 10.5. The highest BCUT2D eigenvalue weighted by atomic mass is 28.4. The lowest BCUT2D eigenvalue weighted by atomic mass is 10.0. The Bertz CT molecular complexity index is 879. The van der Waals surface area contributed by atoms with Gasteiger partial charge in [-0.2, -0.15) is 0 Å². The minimum absolute atomic E-state index is 0.174. The van der Waals surface area contributed by atoms with E-state index >= 15 is 0 Å². The monoisotopic (exact) mass is 536 g/mol. The van der Waals surface area contributed by atoms with Crippen LogP contribution < -0.4 is 8.85 Å². The lowest BCUT2D eigenvalue weighted by Gasteiger charge is -2.27. The maximum Gasteiger partial charge on any atom is 0.342 e. The van der Waals surface area contributed by atoms with Gasteiger partial charge in [0.2, 0.25) is 16.6 Å². The van der Waals surface area contributed by atoms with Crippen LogP contribution >= 0.6 is 0 Å². The van der Waals surface area contributed by atoms with Gasteiger partial charge in [-0.05, 0) is 116 Å². The Morgan fingerprint density at radius 1 is 0.829 bits per heavy atom. The molecule has 0 saturated heterocycles. The van der Waals surface area contributed by atoms with Crippen molar-refractivity contribution in [2.45, 2.75) is 117 Å². The molecule has 1 aliphatic heterocycles. The van der Waals surface area contributed by atoms with Crippen molar-refractivity contribution >= 4 is 37.0 Å². The molecule has 0 saturated carbocycles. The number of esters is 1. The number of rotatable bonds is 6. The molecule has 1 aromatic rings. The number of carbonyl (C=O) groups is 1. The fourth-order valence-electron chi connectivity index (χ4n) is 4.15. The van der Waals surface area contributed by atoms with Gasteiger partial charge in [-0.25, -0.2) is 4.79 Å². The molecule has 0 spiro atoms. The predicted octanol–water partition coefficient (Wildman–Crippen LogP) is 8.25. The first-order chi connectivity index (χ1) is 16.0. The van der Waals surface area contributed by atoms with Crippen LogP contribution in [0.1, 0.15) is 61.4 Å². The van der Waals surface area contributed by atoms with E-state index in [4.69, 9.17) is 18.0 Å². The van der Waals surface area contributed by atoms with Crippen molar-refractivity contribution < 1.29 is 22.8 Å². The highest BCUT2D eigenvalue weighted by Gasteiger charge is 2.28. The summed E-state index contributed by atoms with van der Waals surface area (Å²) in [4.78, 5) is 13.5. The van der Waals surface area contributed by atoms with E-state index in [1.165, 1.54) is 0 Å². The number of carbonyl (C=O) groups excluding carboxylic acids is 1. The molecule has 2 atom stereocenters. The van der Waals surface area contributed by atoms with Crippen molar-refractivity contribution in [3.8, 4) is 11.5 Å². The van der Waals surface area contributed by atoms with Crippen LogP contribution in [-0.4, -0.2) is 43.1 Å². The second-order valence-corrected chi connectivity index (χ2v) is 26.0. The molecule has 0 aliphatic carbocycles. The summed E-state index contributed by atoms with van der Waals surface area (Å²) in [5, 5.41) is 0. The molecular formula is C27H48O5Si3. The molecule has 198 valence electrons. The average Bonchev–Trinajstić information content (AvgIpc) is 2.62. The number of hydrogen-bond donors (Lipinski definition) is 0. The summed E-state index contributed by atoms with van der Waals surface area (Å²) in [6.45, 7) is 21.6. The first-order valence-corrected chi connectivity index (χ1v) is 23.4. The van der Waals surface area contributed by atoms with Gasteiger partial charge in [0.25, 0.3) is 0 Å². The highest BCUT2D eigenvalue weighted by molar-refractivity contribution is 6.71. The molecule has 0 N–H and O–H groups in total. The Labute approximate surface area is 217 Å².